The number of benzene rings is 2. The number of carbonyl (C=O) groups excluding carboxylic acids is 1. The third kappa shape index (κ3) is 4.01. The van der Waals surface area contributed by atoms with Crippen molar-refractivity contribution in [1.82, 2.24) is 0 Å². The van der Waals surface area contributed by atoms with E-state index in [9.17, 15) is 4.79 Å². The Kier molecular flexibility index (Phi) is 5.29. The van der Waals surface area contributed by atoms with Crippen LogP contribution in [0.2, 0.25) is 0 Å². The number of hydrogen-bond donors (Lipinski definition) is 0. The minimum atomic E-state index is -0.134. The minimum Gasteiger partial charge on any atom is -0.496 e. The summed E-state index contributed by atoms with van der Waals surface area (Å²) in [6, 6.07) is 17.1. The van der Waals surface area contributed by atoms with Gasteiger partial charge in [-0.05, 0) is 78.9 Å². The molecule has 0 amide bonds. The van der Waals surface area contributed by atoms with E-state index in [1.54, 1.807) is 25.3 Å². The van der Waals surface area contributed by atoms with E-state index in [1.807, 2.05) is 30.3 Å². The molecule has 0 N–H and O–H groups in total. The van der Waals surface area contributed by atoms with Crippen LogP contribution in [0.5, 0.6) is 11.5 Å². The molecule has 0 fully saturated rings. The summed E-state index contributed by atoms with van der Waals surface area (Å²) in [6.07, 6.45) is 6.66. The number of methoxy groups -OCH3 is 1. The molecule has 4 rings (SSSR count). The molecule has 1 aliphatic carbocycles. The first kappa shape index (κ1) is 18.1. The zero-order valence-electron chi connectivity index (χ0n) is 15.8. The summed E-state index contributed by atoms with van der Waals surface area (Å²) in [4.78, 5) is 12.4. The van der Waals surface area contributed by atoms with Crippen LogP contribution in [0.25, 0.3) is 6.08 Å². The quantitative estimate of drug-likeness (QED) is 0.418. The number of fused-ring (bicyclic) bond motifs is 1. The third-order valence-electron chi connectivity index (χ3n) is 4.90. The lowest BCUT2D eigenvalue weighted by atomic mass is 10.1. The molecule has 0 spiro atoms. The molecule has 28 heavy (non-hydrogen) atoms. The molecular formula is C24H22O4. The van der Waals surface area contributed by atoms with Gasteiger partial charge in [0.25, 0.3) is 0 Å². The molecule has 3 aromatic rings. The van der Waals surface area contributed by atoms with Gasteiger partial charge in [0, 0.05) is 0 Å². The number of rotatable bonds is 7. The fourth-order valence-corrected chi connectivity index (χ4v) is 3.45. The molecule has 1 aliphatic rings. The van der Waals surface area contributed by atoms with Gasteiger partial charge in [-0.3, -0.25) is 4.79 Å². The average molecular weight is 374 g/mol. The lowest BCUT2D eigenvalue weighted by Gasteiger charge is -2.06. The van der Waals surface area contributed by atoms with Gasteiger partial charge in [-0.2, -0.15) is 0 Å². The molecule has 1 aromatic heterocycles. The van der Waals surface area contributed by atoms with E-state index >= 15 is 0 Å². The minimum absolute atomic E-state index is 0.134. The molecule has 0 radical (unpaired) electrons. The molecular weight excluding hydrogens is 352 g/mol. The van der Waals surface area contributed by atoms with Crippen molar-refractivity contribution in [3.63, 3.8) is 0 Å². The van der Waals surface area contributed by atoms with Gasteiger partial charge in [0.2, 0.25) is 0 Å². The summed E-state index contributed by atoms with van der Waals surface area (Å²) < 4.78 is 16.8. The summed E-state index contributed by atoms with van der Waals surface area (Å²) in [5.41, 5.74) is 3.33. The van der Waals surface area contributed by atoms with Crippen molar-refractivity contribution < 1.29 is 18.7 Å². The van der Waals surface area contributed by atoms with E-state index in [2.05, 4.69) is 12.1 Å². The van der Waals surface area contributed by atoms with Crippen molar-refractivity contribution in [3.05, 3.63) is 88.9 Å². The van der Waals surface area contributed by atoms with Gasteiger partial charge < -0.3 is 13.9 Å². The van der Waals surface area contributed by atoms with Crippen molar-refractivity contribution in [3.8, 4) is 11.5 Å². The van der Waals surface area contributed by atoms with Crippen LogP contribution in [0.4, 0.5) is 0 Å². The lowest BCUT2D eigenvalue weighted by Crippen LogP contribution is -1.98. The van der Waals surface area contributed by atoms with Gasteiger partial charge in [-0.1, -0.05) is 18.2 Å². The number of ketones is 1. The lowest BCUT2D eigenvalue weighted by molar-refractivity contribution is 0.104. The predicted octanol–water partition coefficient (Wildman–Crippen LogP) is 5.25. The van der Waals surface area contributed by atoms with Crippen molar-refractivity contribution >= 4 is 11.9 Å². The Morgan fingerprint density at radius 2 is 1.93 bits per heavy atom. The van der Waals surface area contributed by atoms with Crippen LogP contribution < -0.4 is 9.47 Å². The standard InChI is InChI=1S/C24H22O4/c1-26-24-8-3-2-7-22(24)23(25)14-13-19-11-12-21(28-19)16-27-20-10-9-17-5-4-6-18(17)15-20/h2-3,7-15H,4-6,16H2,1H3/b14-13+. The molecule has 0 saturated heterocycles. The van der Waals surface area contributed by atoms with Crippen LogP contribution in [-0.2, 0) is 19.4 Å². The second-order valence-electron chi connectivity index (χ2n) is 6.77. The number of ether oxygens (including phenoxy) is 2. The number of furan rings is 1. The highest BCUT2D eigenvalue weighted by Crippen LogP contribution is 2.26. The maximum atomic E-state index is 12.4. The van der Waals surface area contributed by atoms with Crippen molar-refractivity contribution in [2.45, 2.75) is 25.9 Å². The highest BCUT2D eigenvalue weighted by Gasteiger charge is 2.12. The normalized spacial score (nSPS) is 12.9. The summed E-state index contributed by atoms with van der Waals surface area (Å²) in [7, 11) is 1.55. The molecule has 142 valence electrons. The predicted molar refractivity (Wildman–Crippen MR) is 108 cm³/mol. The zero-order chi connectivity index (χ0) is 19.3. The van der Waals surface area contributed by atoms with E-state index in [4.69, 9.17) is 13.9 Å². The maximum absolute atomic E-state index is 12.4. The van der Waals surface area contributed by atoms with Crippen molar-refractivity contribution in [2.24, 2.45) is 0 Å². The average Bonchev–Trinajstić information content (AvgIpc) is 3.39. The Hall–Kier alpha value is -3.27. The van der Waals surface area contributed by atoms with Gasteiger partial charge in [0.05, 0.1) is 12.7 Å². The van der Waals surface area contributed by atoms with Crippen molar-refractivity contribution in [2.75, 3.05) is 7.11 Å². The van der Waals surface area contributed by atoms with Gasteiger partial charge >= 0.3 is 0 Å². The Morgan fingerprint density at radius 3 is 2.82 bits per heavy atom. The molecule has 0 unspecified atom stereocenters. The van der Waals surface area contributed by atoms with Crippen LogP contribution in [0.15, 0.2) is 65.1 Å². The first-order valence-corrected chi connectivity index (χ1v) is 9.41. The van der Waals surface area contributed by atoms with Crippen LogP contribution in [0.3, 0.4) is 0 Å². The van der Waals surface area contributed by atoms with Gasteiger partial charge in [0.15, 0.2) is 5.78 Å². The molecule has 0 aliphatic heterocycles. The van der Waals surface area contributed by atoms with Crippen LogP contribution in [0, 0.1) is 0 Å². The molecule has 2 aromatic carbocycles. The Bertz CT molecular complexity index is 1010. The van der Waals surface area contributed by atoms with Crippen LogP contribution in [0.1, 0.15) is 39.4 Å². The zero-order valence-corrected chi connectivity index (χ0v) is 15.8. The summed E-state index contributed by atoms with van der Waals surface area (Å²) in [5, 5.41) is 0. The molecule has 1 heterocycles. The highest BCUT2D eigenvalue weighted by molar-refractivity contribution is 6.08. The first-order valence-electron chi connectivity index (χ1n) is 9.41. The Balaban J connectivity index is 1.37. The first-order chi connectivity index (χ1) is 13.7. The van der Waals surface area contributed by atoms with Gasteiger partial charge in [0.1, 0.15) is 29.6 Å². The largest absolute Gasteiger partial charge is 0.496 e. The monoisotopic (exact) mass is 374 g/mol. The number of aryl methyl sites for hydroxylation is 2. The number of carbonyl (C=O) groups is 1. The third-order valence-corrected chi connectivity index (χ3v) is 4.90. The Morgan fingerprint density at radius 1 is 1.07 bits per heavy atom. The number of allylic oxidation sites excluding steroid dienone is 1. The number of para-hydroxylation sites is 1. The van der Waals surface area contributed by atoms with E-state index in [-0.39, 0.29) is 5.78 Å². The topological polar surface area (TPSA) is 48.7 Å². The maximum Gasteiger partial charge on any atom is 0.189 e. The molecule has 0 bridgehead atoms. The smallest absolute Gasteiger partial charge is 0.189 e. The molecule has 0 atom stereocenters. The molecule has 0 saturated carbocycles. The second-order valence-corrected chi connectivity index (χ2v) is 6.77. The Labute approximate surface area is 164 Å². The summed E-state index contributed by atoms with van der Waals surface area (Å²) in [6.45, 7) is 0.354. The number of hydrogen-bond acceptors (Lipinski definition) is 4. The van der Waals surface area contributed by atoms with E-state index in [1.165, 1.54) is 23.6 Å². The molecule has 4 heteroatoms. The van der Waals surface area contributed by atoms with Crippen LogP contribution >= 0.6 is 0 Å². The van der Waals surface area contributed by atoms with E-state index in [0.717, 1.165) is 18.6 Å². The van der Waals surface area contributed by atoms with Gasteiger partial charge in [-0.25, -0.2) is 0 Å². The fraction of sp³-hybridized carbons (Fsp3) is 0.208. The highest BCUT2D eigenvalue weighted by atomic mass is 16.5. The van der Waals surface area contributed by atoms with Crippen molar-refractivity contribution in [1.29, 1.82) is 0 Å². The van der Waals surface area contributed by atoms with Gasteiger partial charge in [-0.15, -0.1) is 0 Å². The van der Waals surface area contributed by atoms with E-state index in [0.29, 0.717) is 29.4 Å². The second kappa shape index (κ2) is 8.17. The molecule has 4 nitrogen and oxygen atoms in total. The summed E-state index contributed by atoms with van der Waals surface area (Å²) in [5.74, 6) is 2.60. The van der Waals surface area contributed by atoms with E-state index < -0.39 is 0 Å². The van der Waals surface area contributed by atoms with Crippen LogP contribution in [-0.4, -0.2) is 12.9 Å². The SMILES string of the molecule is COc1ccccc1C(=O)/C=C/c1ccc(COc2ccc3c(c2)CCC3)o1. The summed E-state index contributed by atoms with van der Waals surface area (Å²) >= 11 is 0. The fourth-order valence-electron chi connectivity index (χ4n) is 3.45.